The number of hydrogen-bond acceptors (Lipinski definition) is 3. The zero-order valence-electron chi connectivity index (χ0n) is 11.7. The molecule has 2 amide bonds. The SMILES string of the molecule is O=C(CCS)NC1CCN(C(=O)c2ccccc2F)CC1. The normalized spacial score (nSPS) is 15.8. The van der Waals surface area contributed by atoms with Gasteiger partial charge < -0.3 is 10.2 Å². The van der Waals surface area contributed by atoms with Crippen molar-refractivity contribution in [2.24, 2.45) is 0 Å². The van der Waals surface area contributed by atoms with Crippen LogP contribution in [0.2, 0.25) is 0 Å². The third kappa shape index (κ3) is 4.20. The Hall–Kier alpha value is -1.56. The molecule has 1 aromatic carbocycles. The van der Waals surface area contributed by atoms with Crippen molar-refractivity contribution in [3.63, 3.8) is 0 Å². The Labute approximate surface area is 129 Å². The highest BCUT2D eigenvalue weighted by Gasteiger charge is 2.25. The summed E-state index contributed by atoms with van der Waals surface area (Å²) in [5.74, 6) is -0.264. The van der Waals surface area contributed by atoms with E-state index in [1.165, 1.54) is 12.1 Å². The first-order valence-electron chi connectivity index (χ1n) is 7.06. The van der Waals surface area contributed by atoms with Crippen molar-refractivity contribution in [2.45, 2.75) is 25.3 Å². The van der Waals surface area contributed by atoms with Crippen molar-refractivity contribution in [1.82, 2.24) is 10.2 Å². The fraction of sp³-hybridized carbons (Fsp3) is 0.467. The molecule has 0 aliphatic carbocycles. The van der Waals surface area contributed by atoms with Crippen molar-refractivity contribution in [2.75, 3.05) is 18.8 Å². The first-order chi connectivity index (χ1) is 10.1. The Balaban J connectivity index is 1.88. The van der Waals surface area contributed by atoms with Crippen molar-refractivity contribution in [1.29, 1.82) is 0 Å². The Bertz CT molecular complexity index is 516. The number of carbonyl (C=O) groups is 2. The zero-order chi connectivity index (χ0) is 15.2. The van der Waals surface area contributed by atoms with Crippen LogP contribution in [0.3, 0.4) is 0 Å². The molecule has 1 heterocycles. The van der Waals surface area contributed by atoms with Gasteiger partial charge in [-0.3, -0.25) is 9.59 Å². The summed E-state index contributed by atoms with van der Waals surface area (Å²) in [6.45, 7) is 1.05. The van der Waals surface area contributed by atoms with Crippen molar-refractivity contribution >= 4 is 24.4 Å². The molecular formula is C15H19FN2O2S. The number of rotatable bonds is 4. The van der Waals surface area contributed by atoms with E-state index in [0.29, 0.717) is 38.1 Å². The first kappa shape index (κ1) is 15.8. The van der Waals surface area contributed by atoms with Gasteiger partial charge in [0.05, 0.1) is 5.56 Å². The van der Waals surface area contributed by atoms with Crippen LogP contribution in [0.15, 0.2) is 24.3 Å². The quantitative estimate of drug-likeness (QED) is 0.834. The zero-order valence-corrected chi connectivity index (χ0v) is 12.6. The van der Waals surface area contributed by atoms with Gasteiger partial charge in [0.2, 0.25) is 5.91 Å². The average Bonchev–Trinajstić information content (AvgIpc) is 2.48. The molecular weight excluding hydrogens is 291 g/mol. The number of nitrogens with one attached hydrogen (secondary N) is 1. The van der Waals surface area contributed by atoms with E-state index in [9.17, 15) is 14.0 Å². The molecule has 0 saturated carbocycles. The summed E-state index contributed by atoms with van der Waals surface area (Å²) < 4.78 is 13.6. The average molecular weight is 310 g/mol. The van der Waals surface area contributed by atoms with Crippen LogP contribution in [0.1, 0.15) is 29.6 Å². The van der Waals surface area contributed by atoms with Crippen molar-refractivity contribution < 1.29 is 14.0 Å². The molecule has 1 aromatic rings. The van der Waals surface area contributed by atoms with E-state index < -0.39 is 5.82 Å². The molecule has 1 aliphatic rings. The molecule has 0 unspecified atom stereocenters. The maximum absolute atomic E-state index is 13.6. The lowest BCUT2D eigenvalue weighted by Crippen LogP contribution is -2.46. The van der Waals surface area contributed by atoms with E-state index in [-0.39, 0.29) is 23.4 Å². The predicted octanol–water partition coefficient (Wildman–Crippen LogP) is 1.87. The van der Waals surface area contributed by atoms with E-state index in [1.807, 2.05) is 0 Å². The third-order valence-corrected chi connectivity index (χ3v) is 3.81. The summed E-state index contributed by atoms with van der Waals surface area (Å²) in [5.41, 5.74) is 0.107. The molecule has 4 nitrogen and oxygen atoms in total. The highest BCUT2D eigenvalue weighted by atomic mass is 32.1. The van der Waals surface area contributed by atoms with Crippen LogP contribution in [-0.4, -0.2) is 41.6 Å². The van der Waals surface area contributed by atoms with Crippen LogP contribution in [0.4, 0.5) is 4.39 Å². The first-order valence-corrected chi connectivity index (χ1v) is 7.69. The summed E-state index contributed by atoms with van der Waals surface area (Å²) >= 11 is 4.02. The molecule has 0 aromatic heterocycles. The van der Waals surface area contributed by atoms with Crippen molar-refractivity contribution in [3.05, 3.63) is 35.6 Å². The van der Waals surface area contributed by atoms with Gasteiger partial charge >= 0.3 is 0 Å². The summed E-state index contributed by atoms with van der Waals surface area (Å²) in [4.78, 5) is 25.4. The van der Waals surface area contributed by atoms with Gasteiger partial charge in [0.25, 0.3) is 5.91 Å². The molecule has 2 rings (SSSR count). The second-order valence-corrected chi connectivity index (χ2v) is 5.53. The van der Waals surface area contributed by atoms with E-state index in [0.717, 1.165) is 0 Å². The number of carbonyl (C=O) groups excluding carboxylic acids is 2. The minimum atomic E-state index is -0.494. The molecule has 1 N–H and O–H groups in total. The monoisotopic (exact) mass is 310 g/mol. The van der Waals surface area contributed by atoms with Gasteiger partial charge in [-0.1, -0.05) is 12.1 Å². The molecule has 0 spiro atoms. The Morgan fingerprint density at radius 3 is 2.57 bits per heavy atom. The lowest BCUT2D eigenvalue weighted by atomic mass is 10.0. The van der Waals surface area contributed by atoms with E-state index in [1.54, 1.807) is 17.0 Å². The predicted molar refractivity (Wildman–Crippen MR) is 81.9 cm³/mol. The fourth-order valence-corrected chi connectivity index (χ4v) is 2.64. The highest BCUT2D eigenvalue weighted by molar-refractivity contribution is 7.80. The second-order valence-electron chi connectivity index (χ2n) is 5.09. The lowest BCUT2D eigenvalue weighted by Gasteiger charge is -2.32. The molecule has 1 saturated heterocycles. The number of thiol groups is 1. The van der Waals surface area contributed by atoms with Crippen LogP contribution >= 0.6 is 12.6 Å². The van der Waals surface area contributed by atoms with Gasteiger partial charge in [-0.05, 0) is 30.7 Å². The van der Waals surface area contributed by atoms with Gasteiger partial charge in [0.15, 0.2) is 0 Å². The van der Waals surface area contributed by atoms with E-state index >= 15 is 0 Å². The standard InChI is InChI=1S/C15H19FN2O2S/c16-13-4-2-1-3-12(13)15(20)18-8-5-11(6-9-18)17-14(19)7-10-21/h1-4,11,21H,5-10H2,(H,17,19). The topological polar surface area (TPSA) is 49.4 Å². The highest BCUT2D eigenvalue weighted by Crippen LogP contribution is 2.16. The summed E-state index contributed by atoms with van der Waals surface area (Å²) in [6.07, 6.45) is 1.79. The number of benzene rings is 1. The molecule has 6 heteroatoms. The number of nitrogens with zero attached hydrogens (tertiary/aromatic N) is 1. The number of piperidine rings is 1. The number of hydrogen-bond donors (Lipinski definition) is 2. The number of halogens is 1. The maximum Gasteiger partial charge on any atom is 0.256 e. The van der Waals surface area contributed by atoms with Crippen LogP contribution in [0.5, 0.6) is 0 Å². The molecule has 0 bridgehead atoms. The molecule has 0 radical (unpaired) electrons. The summed E-state index contributed by atoms with van der Waals surface area (Å²) in [7, 11) is 0. The van der Waals surface area contributed by atoms with Crippen LogP contribution in [-0.2, 0) is 4.79 Å². The summed E-state index contributed by atoms with van der Waals surface area (Å²) in [5, 5.41) is 2.93. The Morgan fingerprint density at radius 1 is 1.29 bits per heavy atom. The second kappa shape index (κ2) is 7.45. The Morgan fingerprint density at radius 2 is 1.95 bits per heavy atom. The minimum Gasteiger partial charge on any atom is -0.353 e. The smallest absolute Gasteiger partial charge is 0.256 e. The lowest BCUT2D eigenvalue weighted by molar-refractivity contribution is -0.121. The van der Waals surface area contributed by atoms with E-state index in [2.05, 4.69) is 17.9 Å². The largest absolute Gasteiger partial charge is 0.353 e. The van der Waals surface area contributed by atoms with Crippen LogP contribution in [0, 0.1) is 5.82 Å². The molecule has 0 atom stereocenters. The maximum atomic E-state index is 13.6. The number of likely N-dealkylation sites (tertiary alicyclic amines) is 1. The van der Waals surface area contributed by atoms with Gasteiger partial charge in [-0.2, -0.15) is 12.6 Å². The molecule has 114 valence electrons. The molecule has 1 fully saturated rings. The molecule has 1 aliphatic heterocycles. The van der Waals surface area contributed by atoms with Crippen LogP contribution < -0.4 is 5.32 Å². The van der Waals surface area contributed by atoms with Gasteiger partial charge in [0, 0.05) is 25.6 Å². The van der Waals surface area contributed by atoms with Crippen molar-refractivity contribution in [3.8, 4) is 0 Å². The summed E-state index contributed by atoms with van der Waals surface area (Å²) in [6, 6.07) is 6.09. The van der Waals surface area contributed by atoms with Gasteiger partial charge in [-0.15, -0.1) is 0 Å². The van der Waals surface area contributed by atoms with E-state index in [4.69, 9.17) is 0 Å². The third-order valence-electron chi connectivity index (χ3n) is 3.59. The van der Waals surface area contributed by atoms with Gasteiger partial charge in [-0.25, -0.2) is 4.39 Å². The van der Waals surface area contributed by atoms with Gasteiger partial charge in [0.1, 0.15) is 5.82 Å². The number of amides is 2. The minimum absolute atomic E-state index is 0.0103. The fourth-order valence-electron chi connectivity index (χ4n) is 2.43. The Kier molecular flexibility index (Phi) is 5.61. The van der Waals surface area contributed by atoms with Crippen LogP contribution in [0.25, 0.3) is 0 Å². The molecule has 21 heavy (non-hydrogen) atoms.